The van der Waals surface area contributed by atoms with Gasteiger partial charge in [-0.2, -0.15) is 0 Å². The maximum Gasteiger partial charge on any atom is 0.142 e. The molecule has 0 atom stereocenters. The number of hydrogen-bond donors (Lipinski definition) is 6. The molecule has 0 fully saturated rings. The lowest BCUT2D eigenvalue weighted by molar-refractivity contribution is 0.249. The van der Waals surface area contributed by atoms with Crippen LogP contribution in [0.2, 0.25) is 0 Å². The molecule has 0 aliphatic carbocycles. The van der Waals surface area contributed by atoms with Crippen LogP contribution in [0.4, 0.5) is 34.1 Å². The van der Waals surface area contributed by atoms with E-state index < -0.39 is 0 Å². The number of hydrogen-bond acceptors (Lipinski definition) is 9. The highest BCUT2D eigenvalue weighted by Crippen LogP contribution is 2.25. The van der Waals surface area contributed by atoms with Crippen molar-refractivity contribution < 1.29 is 9.47 Å². The van der Waals surface area contributed by atoms with E-state index in [0.717, 1.165) is 36.4 Å². The van der Waals surface area contributed by atoms with Gasteiger partial charge in [-0.1, -0.05) is 0 Å². The van der Waals surface area contributed by atoms with Crippen LogP contribution in [0.5, 0.6) is 11.5 Å². The van der Waals surface area contributed by atoms with Gasteiger partial charge in [0.2, 0.25) is 0 Å². The van der Waals surface area contributed by atoms with Crippen molar-refractivity contribution >= 4 is 34.1 Å². The molecule has 3 aromatic carbocycles. The van der Waals surface area contributed by atoms with Crippen molar-refractivity contribution in [3.05, 3.63) is 78.9 Å². The summed E-state index contributed by atoms with van der Waals surface area (Å²) in [6, 6.07) is 16.4. The highest BCUT2D eigenvalue weighted by Gasteiger charge is 2.03. The van der Waals surface area contributed by atoms with Gasteiger partial charge >= 0.3 is 0 Å². The highest BCUT2D eigenvalue weighted by molar-refractivity contribution is 5.61. The summed E-state index contributed by atoms with van der Waals surface area (Å²) in [5.74, 6) is 1.24. The third kappa shape index (κ3) is 9.05. The predicted molar refractivity (Wildman–Crippen MR) is 157 cm³/mol. The van der Waals surface area contributed by atoms with E-state index >= 15 is 0 Å². The fourth-order valence-electron chi connectivity index (χ4n) is 3.52. The summed E-state index contributed by atoms with van der Waals surface area (Å²) in [6.45, 7) is 4.93. The molecule has 10 heteroatoms. The standard InChI is InChI=1S/C15H20N4O2.C13H18N4/c16-10-2-4-14(12(18)8-10)20-6-1-7-21-15-5-3-11(17)9-13(15)19;1-11-9-12(3-4-13(11)14)16-5-2-7-17-8-6-15-10-17/h2-5,8-9H,1,6-7,16-19H2;3-4,6,8-10,16H,2,5,7,14H2,1H3. The lowest BCUT2D eigenvalue weighted by atomic mass is 10.2. The average molecular weight is 519 g/mol. The van der Waals surface area contributed by atoms with Crippen LogP contribution in [-0.4, -0.2) is 29.3 Å². The van der Waals surface area contributed by atoms with E-state index in [-0.39, 0.29) is 0 Å². The molecular weight excluding hydrogens is 480 g/mol. The van der Waals surface area contributed by atoms with E-state index in [9.17, 15) is 0 Å². The van der Waals surface area contributed by atoms with Crippen molar-refractivity contribution in [3.8, 4) is 11.5 Å². The molecule has 11 N–H and O–H groups in total. The third-order valence-electron chi connectivity index (χ3n) is 5.62. The van der Waals surface area contributed by atoms with Gasteiger partial charge in [0, 0.05) is 54.7 Å². The minimum Gasteiger partial charge on any atom is -0.491 e. The van der Waals surface area contributed by atoms with Gasteiger partial charge in [-0.25, -0.2) is 4.98 Å². The van der Waals surface area contributed by atoms with Crippen molar-refractivity contribution in [3.63, 3.8) is 0 Å². The maximum atomic E-state index is 5.80. The van der Waals surface area contributed by atoms with E-state index in [1.807, 2.05) is 31.6 Å². The number of nitrogens with two attached hydrogens (primary N) is 5. The molecule has 1 aromatic heterocycles. The van der Waals surface area contributed by atoms with Gasteiger partial charge in [-0.15, -0.1) is 0 Å². The molecule has 1 heterocycles. The van der Waals surface area contributed by atoms with Crippen LogP contribution in [0.15, 0.2) is 73.3 Å². The van der Waals surface area contributed by atoms with Gasteiger partial charge in [-0.3, -0.25) is 0 Å². The van der Waals surface area contributed by atoms with Gasteiger partial charge in [0.1, 0.15) is 11.5 Å². The van der Waals surface area contributed by atoms with Crippen molar-refractivity contribution in [2.45, 2.75) is 26.3 Å². The summed E-state index contributed by atoms with van der Waals surface area (Å²) in [7, 11) is 0. The first kappa shape index (κ1) is 27.9. The summed E-state index contributed by atoms with van der Waals surface area (Å²) < 4.78 is 13.2. The molecule has 4 aromatic rings. The first-order valence-corrected chi connectivity index (χ1v) is 12.4. The molecule has 0 aliphatic heterocycles. The largest absolute Gasteiger partial charge is 0.491 e. The molecule has 0 saturated carbocycles. The Morgan fingerprint density at radius 1 is 0.763 bits per heavy atom. The van der Waals surface area contributed by atoms with Crippen LogP contribution >= 0.6 is 0 Å². The molecule has 0 amide bonds. The van der Waals surface area contributed by atoms with E-state index in [1.54, 1.807) is 42.6 Å². The van der Waals surface area contributed by atoms with Gasteiger partial charge in [0.05, 0.1) is 30.9 Å². The molecule has 0 spiro atoms. The Hall–Kier alpha value is -4.73. The minimum atomic E-state index is 0.489. The van der Waals surface area contributed by atoms with Crippen molar-refractivity contribution in [2.24, 2.45) is 0 Å². The lowest BCUT2D eigenvalue weighted by Gasteiger charge is -2.11. The second-order valence-corrected chi connectivity index (χ2v) is 8.80. The molecule has 0 unspecified atom stereocenters. The quantitative estimate of drug-likeness (QED) is 0.126. The number of benzene rings is 3. The number of anilines is 6. The van der Waals surface area contributed by atoms with Crippen LogP contribution < -0.4 is 43.5 Å². The SMILES string of the molecule is Cc1cc(NCCCn2ccnc2)ccc1N.Nc1ccc(OCCCOc2ccc(N)cc2N)c(N)c1. The first-order chi connectivity index (χ1) is 18.3. The normalized spacial score (nSPS) is 10.3. The number of nitrogens with one attached hydrogen (secondary N) is 1. The first-order valence-electron chi connectivity index (χ1n) is 12.4. The predicted octanol–water partition coefficient (Wildman–Crippen LogP) is 4.14. The summed E-state index contributed by atoms with van der Waals surface area (Å²) in [4.78, 5) is 4.01. The van der Waals surface area contributed by atoms with Crippen molar-refractivity contribution in [1.29, 1.82) is 0 Å². The highest BCUT2D eigenvalue weighted by atomic mass is 16.5. The summed E-state index contributed by atoms with van der Waals surface area (Å²) in [5, 5.41) is 3.39. The van der Waals surface area contributed by atoms with Gasteiger partial charge < -0.3 is 48.0 Å². The van der Waals surface area contributed by atoms with Crippen LogP contribution in [0.25, 0.3) is 0 Å². The molecule has 0 radical (unpaired) electrons. The Bertz CT molecular complexity index is 1220. The Morgan fingerprint density at radius 2 is 1.39 bits per heavy atom. The molecule has 4 rings (SSSR count). The monoisotopic (exact) mass is 518 g/mol. The number of aromatic nitrogens is 2. The Labute approximate surface area is 223 Å². The molecule has 10 nitrogen and oxygen atoms in total. The van der Waals surface area contributed by atoms with Gasteiger partial charge in [-0.05, 0) is 73.5 Å². The maximum absolute atomic E-state index is 5.80. The number of aryl methyl sites for hydroxylation is 2. The molecule has 0 saturated heterocycles. The van der Waals surface area contributed by atoms with Gasteiger partial charge in [0.15, 0.2) is 0 Å². The van der Waals surface area contributed by atoms with E-state index in [0.29, 0.717) is 53.9 Å². The smallest absolute Gasteiger partial charge is 0.142 e. The van der Waals surface area contributed by atoms with Gasteiger partial charge in [0.25, 0.3) is 0 Å². The minimum absolute atomic E-state index is 0.489. The zero-order valence-electron chi connectivity index (χ0n) is 21.8. The zero-order chi connectivity index (χ0) is 27.3. The van der Waals surface area contributed by atoms with E-state index in [2.05, 4.69) is 20.9 Å². The fraction of sp³-hybridized carbons (Fsp3) is 0.250. The second-order valence-electron chi connectivity index (χ2n) is 8.80. The van der Waals surface area contributed by atoms with E-state index in [4.69, 9.17) is 38.1 Å². The van der Waals surface area contributed by atoms with E-state index in [1.165, 1.54) is 0 Å². The fourth-order valence-corrected chi connectivity index (χ4v) is 3.52. The Kier molecular flexibility index (Phi) is 10.3. The average Bonchev–Trinajstić information content (AvgIpc) is 3.40. The zero-order valence-corrected chi connectivity index (χ0v) is 21.8. The third-order valence-corrected chi connectivity index (χ3v) is 5.62. The number of nitrogens with zero attached hydrogens (tertiary/aromatic N) is 2. The second kappa shape index (κ2) is 14.1. The van der Waals surface area contributed by atoms with Crippen molar-refractivity contribution in [1.82, 2.24) is 9.55 Å². The molecule has 0 aliphatic rings. The molecule has 38 heavy (non-hydrogen) atoms. The lowest BCUT2D eigenvalue weighted by Crippen LogP contribution is -2.07. The Balaban J connectivity index is 0.000000215. The molecule has 0 bridgehead atoms. The Morgan fingerprint density at radius 3 is 1.92 bits per heavy atom. The van der Waals surface area contributed by atoms with Crippen LogP contribution in [0, 0.1) is 6.92 Å². The number of ether oxygens (including phenoxy) is 2. The summed E-state index contributed by atoms with van der Waals surface area (Å²) in [5.41, 5.74) is 34.0. The van der Waals surface area contributed by atoms with Crippen LogP contribution in [-0.2, 0) is 6.54 Å². The molecular formula is C28H38N8O2. The topological polar surface area (TPSA) is 178 Å². The number of rotatable bonds is 11. The number of nitrogen functional groups attached to an aromatic ring is 5. The number of imidazole rings is 1. The molecule has 202 valence electrons. The van der Waals surface area contributed by atoms with Crippen LogP contribution in [0.3, 0.4) is 0 Å². The summed E-state index contributed by atoms with van der Waals surface area (Å²) >= 11 is 0. The van der Waals surface area contributed by atoms with Crippen molar-refractivity contribution in [2.75, 3.05) is 53.7 Å². The van der Waals surface area contributed by atoms with Crippen LogP contribution in [0.1, 0.15) is 18.4 Å². The summed E-state index contributed by atoms with van der Waals surface area (Å²) in [6.07, 6.45) is 7.39.